The minimum absolute atomic E-state index is 0.105. The second-order valence-electron chi connectivity index (χ2n) is 3.47. The van der Waals surface area contributed by atoms with Crippen molar-refractivity contribution in [3.8, 4) is 6.07 Å². The van der Waals surface area contributed by atoms with Crippen LogP contribution in [0.15, 0.2) is 0 Å². The summed E-state index contributed by atoms with van der Waals surface area (Å²) in [5.41, 5.74) is 0. The van der Waals surface area contributed by atoms with E-state index in [0.29, 0.717) is 19.6 Å². The molecular weight excluding hydrogens is 204 g/mol. The van der Waals surface area contributed by atoms with Gasteiger partial charge in [-0.2, -0.15) is 5.26 Å². The number of nitriles is 1. The standard InChI is InChI=1S/C12H24N2O2/c1-4-14(10-7-9-13)11-8-12(15-5-2)16-6-3/h12H,4-8,10-11H2,1-3H3. The van der Waals surface area contributed by atoms with Gasteiger partial charge in [-0.1, -0.05) is 6.92 Å². The molecule has 0 N–H and O–H groups in total. The van der Waals surface area contributed by atoms with Gasteiger partial charge in [0.1, 0.15) is 0 Å². The first-order chi connectivity index (χ1) is 7.78. The molecule has 0 rings (SSSR count). The highest BCUT2D eigenvalue weighted by molar-refractivity contribution is 4.72. The van der Waals surface area contributed by atoms with Crippen LogP contribution in [0, 0.1) is 11.3 Å². The molecule has 0 radical (unpaired) electrons. The molecule has 0 fully saturated rings. The molecule has 0 aromatic carbocycles. The lowest BCUT2D eigenvalue weighted by Crippen LogP contribution is -2.30. The Balaban J connectivity index is 3.81. The van der Waals surface area contributed by atoms with Crippen LogP contribution in [0.3, 0.4) is 0 Å². The zero-order valence-electron chi connectivity index (χ0n) is 10.7. The highest BCUT2D eigenvalue weighted by Crippen LogP contribution is 2.03. The van der Waals surface area contributed by atoms with Crippen molar-refractivity contribution in [2.24, 2.45) is 0 Å². The molecule has 0 bridgehead atoms. The van der Waals surface area contributed by atoms with Gasteiger partial charge in [-0.25, -0.2) is 0 Å². The fourth-order valence-corrected chi connectivity index (χ4v) is 1.51. The second-order valence-corrected chi connectivity index (χ2v) is 3.47. The van der Waals surface area contributed by atoms with Crippen molar-refractivity contribution < 1.29 is 9.47 Å². The van der Waals surface area contributed by atoms with Crippen LogP contribution in [-0.2, 0) is 9.47 Å². The zero-order valence-corrected chi connectivity index (χ0v) is 10.7. The number of ether oxygens (including phenoxy) is 2. The minimum atomic E-state index is -0.105. The molecule has 0 aliphatic heterocycles. The maximum absolute atomic E-state index is 8.53. The van der Waals surface area contributed by atoms with E-state index in [4.69, 9.17) is 14.7 Å². The first kappa shape index (κ1) is 15.4. The van der Waals surface area contributed by atoms with Crippen LogP contribution in [0.1, 0.15) is 33.6 Å². The van der Waals surface area contributed by atoms with Gasteiger partial charge in [-0.05, 0) is 20.4 Å². The summed E-state index contributed by atoms with van der Waals surface area (Å²) in [6, 6.07) is 2.17. The predicted octanol–water partition coefficient (Wildman–Crippen LogP) is 2.01. The van der Waals surface area contributed by atoms with E-state index in [1.54, 1.807) is 0 Å². The molecule has 0 aromatic rings. The van der Waals surface area contributed by atoms with Crippen molar-refractivity contribution in [1.29, 1.82) is 5.26 Å². The van der Waals surface area contributed by atoms with Gasteiger partial charge in [-0.3, -0.25) is 0 Å². The number of hydrogen-bond donors (Lipinski definition) is 0. The lowest BCUT2D eigenvalue weighted by Gasteiger charge is -2.23. The first-order valence-electron chi connectivity index (χ1n) is 6.10. The van der Waals surface area contributed by atoms with Crippen molar-refractivity contribution in [1.82, 2.24) is 4.90 Å². The monoisotopic (exact) mass is 228 g/mol. The molecule has 0 atom stereocenters. The maximum atomic E-state index is 8.53. The SMILES string of the molecule is CCOC(CCN(CC)CCC#N)OCC. The van der Waals surface area contributed by atoms with Crippen LogP contribution in [0.4, 0.5) is 0 Å². The molecule has 0 amide bonds. The Morgan fingerprint density at radius 2 is 1.75 bits per heavy atom. The van der Waals surface area contributed by atoms with Gasteiger partial charge < -0.3 is 14.4 Å². The van der Waals surface area contributed by atoms with E-state index in [9.17, 15) is 0 Å². The van der Waals surface area contributed by atoms with E-state index in [1.165, 1.54) is 0 Å². The van der Waals surface area contributed by atoms with Crippen LogP contribution in [-0.4, -0.2) is 44.0 Å². The lowest BCUT2D eigenvalue weighted by molar-refractivity contribution is -0.141. The molecule has 0 saturated heterocycles. The summed E-state index contributed by atoms with van der Waals surface area (Å²) in [7, 11) is 0. The first-order valence-corrected chi connectivity index (χ1v) is 6.10. The van der Waals surface area contributed by atoms with Crippen LogP contribution < -0.4 is 0 Å². The van der Waals surface area contributed by atoms with Crippen LogP contribution in [0.2, 0.25) is 0 Å². The van der Waals surface area contributed by atoms with Crippen LogP contribution in [0.25, 0.3) is 0 Å². The third-order valence-electron chi connectivity index (χ3n) is 2.37. The van der Waals surface area contributed by atoms with E-state index in [-0.39, 0.29) is 6.29 Å². The lowest BCUT2D eigenvalue weighted by atomic mass is 10.3. The Morgan fingerprint density at radius 3 is 2.19 bits per heavy atom. The van der Waals surface area contributed by atoms with Crippen LogP contribution >= 0.6 is 0 Å². The second kappa shape index (κ2) is 10.9. The summed E-state index contributed by atoms with van der Waals surface area (Å²) >= 11 is 0. The van der Waals surface area contributed by atoms with E-state index < -0.39 is 0 Å². The third kappa shape index (κ3) is 7.63. The minimum Gasteiger partial charge on any atom is -0.353 e. The number of nitrogens with zero attached hydrogens (tertiary/aromatic N) is 2. The van der Waals surface area contributed by atoms with Gasteiger partial charge >= 0.3 is 0 Å². The average molecular weight is 228 g/mol. The normalized spacial score (nSPS) is 11.0. The molecule has 16 heavy (non-hydrogen) atoms. The molecule has 4 nitrogen and oxygen atoms in total. The summed E-state index contributed by atoms with van der Waals surface area (Å²) in [5.74, 6) is 0. The third-order valence-corrected chi connectivity index (χ3v) is 2.37. The van der Waals surface area contributed by atoms with Crippen molar-refractivity contribution in [3.63, 3.8) is 0 Å². The van der Waals surface area contributed by atoms with Crippen molar-refractivity contribution in [2.75, 3.05) is 32.8 Å². The summed E-state index contributed by atoms with van der Waals surface area (Å²) in [6.45, 7) is 10.1. The Hall–Kier alpha value is -0.630. The fourth-order valence-electron chi connectivity index (χ4n) is 1.51. The summed E-state index contributed by atoms with van der Waals surface area (Å²) in [4.78, 5) is 2.24. The van der Waals surface area contributed by atoms with Gasteiger partial charge in [0.2, 0.25) is 0 Å². The number of rotatable bonds is 10. The quantitative estimate of drug-likeness (QED) is 0.537. The van der Waals surface area contributed by atoms with Gasteiger partial charge in [-0.15, -0.1) is 0 Å². The van der Waals surface area contributed by atoms with E-state index >= 15 is 0 Å². The van der Waals surface area contributed by atoms with Crippen LogP contribution in [0.5, 0.6) is 0 Å². The molecule has 0 unspecified atom stereocenters. The van der Waals surface area contributed by atoms with Crippen molar-refractivity contribution in [2.45, 2.75) is 39.9 Å². The largest absolute Gasteiger partial charge is 0.353 e. The summed E-state index contributed by atoms with van der Waals surface area (Å²) in [6.07, 6.45) is 1.34. The molecule has 0 aliphatic rings. The Labute approximate surface area is 99.1 Å². The summed E-state index contributed by atoms with van der Waals surface area (Å²) in [5, 5.41) is 8.53. The van der Waals surface area contributed by atoms with Gasteiger partial charge in [0.05, 0.1) is 6.07 Å². The summed E-state index contributed by atoms with van der Waals surface area (Å²) < 4.78 is 10.9. The highest BCUT2D eigenvalue weighted by Gasteiger charge is 2.10. The Morgan fingerprint density at radius 1 is 1.12 bits per heavy atom. The molecule has 0 saturated carbocycles. The zero-order chi connectivity index (χ0) is 12.2. The van der Waals surface area contributed by atoms with Gasteiger partial charge in [0.15, 0.2) is 6.29 Å². The molecule has 0 spiro atoms. The molecule has 0 heterocycles. The van der Waals surface area contributed by atoms with E-state index in [0.717, 1.165) is 26.1 Å². The average Bonchev–Trinajstić information content (AvgIpc) is 2.30. The topological polar surface area (TPSA) is 45.5 Å². The molecule has 4 heteroatoms. The number of hydrogen-bond acceptors (Lipinski definition) is 4. The Kier molecular flexibility index (Phi) is 10.4. The molecule has 0 aromatic heterocycles. The van der Waals surface area contributed by atoms with Crippen molar-refractivity contribution in [3.05, 3.63) is 0 Å². The predicted molar refractivity (Wildman–Crippen MR) is 64.0 cm³/mol. The molecule has 0 aliphatic carbocycles. The Bertz CT molecular complexity index is 186. The molecular formula is C12H24N2O2. The molecule has 94 valence electrons. The van der Waals surface area contributed by atoms with Gasteiger partial charge in [0.25, 0.3) is 0 Å². The van der Waals surface area contributed by atoms with Gasteiger partial charge in [0, 0.05) is 39.1 Å². The smallest absolute Gasteiger partial charge is 0.158 e. The van der Waals surface area contributed by atoms with E-state index in [1.807, 2.05) is 13.8 Å². The maximum Gasteiger partial charge on any atom is 0.158 e. The highest BCUT2D eigenvalue weighted by atomic mass is 16.7. The van der Waals surface area contributed by atoms with Crippen molar-refractivity contribution >= 4 is 0 Å². The fraction of sp³-hybridized carbons (Fsp3) is 0.917. The van der Waals surface area contributed by atoms with E-state index in [2.05, 4.69) is 17.9 Å².